The molecule has 0 saturated carbocycles. The number of amides is 1. The van der Waals surface area contributed by atoms with E-state index in [1.165, 1.54) is 5.56 Å². The minimum atomic E-state index is 0.0431. The van der Waals surface area contributed by atoms with Gasteiger partial charge in [0.15, 0.2) is 0 Å². The summed E-state index contributed by atoms with van der Waals surface area (Å²) >= 11 is 0. The van der Waals surface area contributed by atoms with E-state index in [2.05, 4.69) is 37.9 Å². The van der Waals surface area contributed by atoms with Crippen molar-refractivity contribution in [3.63, 3.8) is 0 Å². The van der Waals surface area contributed by atoms with Crippen molar-refractivity contribution in [2.24, 2.45) is 5.92 Å². The Bertz CT molecular complexity index is 365. The van der Waals surface area contributed by atoms with Crippen molar-refractivity contribution < 1.29 is 4.79 Å². The lowest BCUT2D eigenvalue weighted by atomic mass is 10.0. The second kappa shape index (κ2) is 6.89. The van der Waals surface area contributed by atoms with Crippen LogP contribution in [-0.4, -0.2) is 12.5 Å². The number of hydrogen-bond donors (Lipinski definition) is 1. The Morgan fingerprint density at radius 3 is 2.41 bits per heavy atom. The molecule has 1 aromatic carbocycles. The average Bonchev–Trinajstić information content (AvgIpc) is 2.28. The topological polar surface area (TPSA) is 29.1 Å². The standard InChI is InChI=1S/C15H21NO/c1-4-9-16-15(17)11-14-7-5-13(6-8-14)10-12(2)3/h4-8,12H,1,9-11H2,2-3H3,(H,16,17). The molecule has 17 heavy (non-hydrogen) atoms. The summed E-state index contributed by atoms with van der Waals surface area (Å²) in [6.07, 6.45) is 3.21. The van der Waals surface area contributed by atoms with E-state index in [9.17, 15) is 4.79 Å². The van der Waals surface area contributed by atoms with E-state index in [1.54, 1.807) is 6.08 Å². The van der Waals surface area contributed by atoms with Crippen LogP contribution in [0.4, 0.5) is 0 Å². The minimum absolute atomic E-state index is 0.0431. The predicted molar refractivity (Wildman–Crippen MR) is 71.9 cm³/mol. The summed E-state index contributed by atoms with van der Waals surface area (Å²) < 4.78 is 0. The fraction of sp³-hybridized carbons (Fsp3) is 0.400. The monoisotopic (exact) mass is 231 g/mol. The Labute approximate surface area is 104 Å². The van der Waals surface area contributed by atoms with E-state index in [-0.39, 0.29) is 5.91 Å². The van der Waals surface area contributed by atoms with Crippen molar-refractivity contribution >= 4 is 5.91 Å². The van der Waals surface area contributed by atoms with E-state index in [4.69, 9.17) is 0 Å². The predicted octanol–water partition coefficient (Wildman–Crippen LogP) is 2.73. The molecule has 0 unspecified atom stereocenters. The minimum Gasteiger partial charge on any atom is -0.352 e. The molecule has 0 aliphatic carbocycles. The Hall–Kier alpha value is -1.57. The van der Waals surface area contributed by atoms with E-state index < -0.39 is 0 Å². The SMILES string of the molecule is C=CCNC(=O)Cc1ccc(CC(C)C)cc1. The maximum Gasteiger partial charge on any atom is 0.224 e. The molecule has 0 radical (unpaired) electrons. The van der Waals surface area contributed by atoms with Crippen molar-refractivity contribution in [1.82, 2.24) is 5.32 Å². The van der Waals surface area contributed by atoms with Crippen molar-refractivity contribution in [3.05, 3.63) is 48.0 Å². The van der Waals surface area contributed by atoms with Crippen LogP contribution in [-0.2, 0) is 17.6 Å². The van der Waals surface area contributed by atoms with Crippen LogP contribution in [0.1, 0.15) is 25.0 Å². The zero-order valence-electron chi connectivity index (χ0n) is 10.7. The second-order valence-electron chi connectivity index (χ2n) is 4.68. The van der Waals surface area contributed by atoms with Gasteiger partial charge in [-0.25, -0.2) is 0 Å². The molecule has 1 N–H and O–H groups in total. The normalized spacial score (nSPS) is 10.3. The van der Waals surface area contributed by atoms with Crippen LogP contribution in [0.15, 0.2) is 36.9 Å². The second-order valence-corrected chi connectivity index (χ2v) is 4.68. The first-order chi connectivity index (χ1) is 8.11. The lowest BCUT2D eigenvalue weighted by Gasteiger charge is -2.06. The van der Waals surface area contributed by atoms with Crippen LogP contribution in [0.3, 0.4) is 0 Å². The van der Waals surface area contributed by atoms with Crippen molar-refractivity contribution in [2.45, 2.75) is 26.7 Å². The van der Waals surface area contributed by atoms with Gasteiger partial charge < -0.3 is 5.32 Å². The van der Waals surface area contributed by atoms with E-state index in [1.807, 2.05) is 12.1 Å². The molecule has 2 nitrogen and oxygen atoms in total. The summed E-state index contributed by atoms with van der Waals surface area (Å²) in [7, 11) is 0. The van der Waals surface area contributed by atoms with Crippen LogP contribution in [0.25, 0.3) is 0 Å². The van der Waals surface area contributed by atoms with Crippen LogP contribution < -0.4 is 5.32 Å². The van der Waals surface area contributed by atoms with Crippen molar-refractivity contribution in [2.75, 3.05) is 6.54 Å². The van der Waals surface area contributed by atoms with Crippen LogP contribution in [0.5, 0.6) is 0 Å². The number of carbonyl (C=O) groups is 1. The van der Waals surface area contributed by atoms with Gasteiger partial charge in [-0.1, -0.05) is 44.2 Å². The lowest BCUT2D eigenvalue weighted by Crippen LogP contribution is -2.24. The first kappa shape index (κ1) is 13.5. The fourth-order valence-corrected chi connectivity index (χ4v) is 1.70. The van der Waals surface area contributed by atoms with Gasteiger partial charge in [0, 0.05) is 6.54 Å². The molecule has 0 aliphatic heterocycles. The van der Waals surface area contributed by atoms with Gasteiger partial charge in [0.05, 0.1) is 6.42 Å². The first-order valence-electron chi connectivity index (χ1n) is 6.07. The molecule has 0 heterocycles. The number of rotatable bonds is 6. The Balaban J connectivity index is 2.50. The highest BCUT2D eigenvalue weighted by atomic mass is 16.1. The quantitative estimate of drug-likeness (QED) is 0.749. The summed E-state index contributed by atoms with van der Waals surface area (Å²) in [6.45, 7) is 8.51. The fourth-order valence-electron chi connectivity index (χ4n) is 1.70. The molecular weight excluding hydrogens is 210 g/mol. The van der Waals surface area contributed by atoms with Gasteiger partial charge in [-0.3, -0.25) is 4.79 Å². The van der Waals surface area contributed by atoms with Crippen LogP contribution >= 0.6 is 0 Å². The maximum absolute atomic E-state index is 11.5. The Kier molecular flexibility index (Phi) is 5.47. The molecule has 2 heteroatoms. The molecule has 92 valence electrons. The molecule has 1 rings (SSSR count). The Morgan fingerprint density at radius 2 is 1.88 bits per heavy atom. The number of nitrogens with one attached hydrogen (secondary N) is 1. The molecule has 0 atom stereocenters. The number of carbonyl (C=O) groups excluding carboxylic acids is 1. The average molecular weight is 231 g/mol. The van der Waals surface area contributed by atoms with Gasteiger partial charge in [0.25, 0.3) is 0 Å². The molecule has 1 amide bonds. The number of hydrogen-bond acceptors (Lipinski definition) is 1. The van der Waals surface area contributed by atoms with E-state index in [0.717, 1.165) is 12.0 Å². The molecule has 0 spiro atoms. The third-order valence-electron chi connectivity index (χ3n) is 2.48. The maximum atomic E-state index is 11.5. The van der Waals surface area contributed by atoms with Gasteiger partial charge >= 0.3 is 0 Å². The molecule has 0 aliphatic rings. The highest BCUT2D eigenvalue weighted by Crippen LogP contribution is 2.10. The molecule has 0 bridgehead atoms. The first-order valence-corrected chi connectivity index (χ1v) is 6.07. The molecular formula is C15H21NO. The molecule has 0 aromatic heterocycles. The smallest absolute Gasteiger partial charge is 0.224 e. The number of benzene rings is 1. The summed E-state index contributed by atoms with van der Waals surface area (Å²) in [5.74, 6) is 0.707. The van der Waals surface area contributed by atoms with Gasteiger partial charge in [-0.15, -0.1) is 6.58 Å². The summed E-state index contributed by atoms with van der Waals surface area (Å²) in [5, 5.41) is 2.77. The van der Waals surface area contributed by atoms with Crippen LogP contribution in [0, 0.1) is 5.92 Å². The molecule has 1 aromatic rings. The zero-order valence-corrected chi connectivity index (χ0v) is 10.7. The summed E-state index contributed by atoms with van der Waals surface area (Å²) in [5.41, 5.74) is 2.38. The van der Waals surface area contributed by atoms with Gasteiger partial charge in [0.1, 0.15) is 0 Å². The van der Waals surface area contributed by atoms with Crippen molar-refractivity contribution in [3.8, 4) is 0 Å². The van der Waals surface area contributed by atoms with Gasteiger partial charge in [-0.2, -0.15) is 0 Å². The van der Waals surface area contributed by atoms with Gasteiger partial charge in [-0.05, 0) is 23.5 Å². The van der Waals surface area contributed by atoms with Crippen LogP contribution in [0.2, 0.25) is 0 Å². The molecule has 0 saturated heterocycles. The van der Waals surface area contributed by atoms with Gasteiger partial charge in [0.2, 0.25) is 5.91 Å². The third kappa shape index (κ3) is 5.34. The highest BCUT2D eigenvalue weighted by Gasteiger charge is 2.02. The summed E-state index contributed by atoms with van der Waals surface area (Å²) in [6, 6.07) is 8.28. The lowest BCUT2D eigenvalue weighted by molar-refractivity contribution is -0.120. The van der Waals surface area contributed by atoms with Crippen molar-refractivity contribution in [1.29, 1.82) is 0 Å². The Morgan fingerprint density at radius 1 is 1.29 bits per heavy atom. The largest absolute Gasteiger partial charge is 0.352 e. The summed E-state index contributed by atoms with van der Waals surface area (Å²) in [4.78, 5) is 11.5. The zero-order chi connectivity index (χ0) is 12.7. The molecule has 0 fully saturated rings. The third-order valence-corrected chi connectivity index (χ3v) is 2.48. The van der Waals surface area contributed by atoms with E-state index >= 15 is 0 Å². The van der Waals surface area contributed by atoms with E-state index in [0.29, 0.717) is 18.9 Å². The highest BCUT2D eigenvalue weighted by molar-refractivity contribution is 5.78.